The van der Waals surface area contributed by atoms with E-state index in [0.29, 0.717) is 5.56 Å². The van der Waals surface area contributed by atoms with Gasteiger partial charge in [-0.25, -0.2) is 9.59 Å². The SMILES string of the molecule is CC(OC(=O)OC1CCCCC1)OC(=O)c1cccc2c1OB(O)[C@@H](NC(=O)CCC#N)C2. The molecule has 1 heterocycles. The third-order valence-electron chi connectivity index (χ3n) is 5.50. The molecule has 1 saturated carbocycles. The highest BCUT2D eigenvalue weighted by atomic mass is 16.8. The molecule has 1 aliphatic heterocycles. The molecule has 1 unspecified atom stereocenters. The van der Waals surface area contributed by atoms with Crippen molar-refractivity contribution < 1.29 is 38.3 Å². The van der Waals surface area contributed by atoms with Gasteiger partial charge < -0.3 is 29.2 Å². The van der Waals surface area contributed by atoms with Crippen molar-refractivity contribution in [2.45, 2.75) is 76.6 Å². The summed E-state index contributed by atoms with van der Waals surface area (Å²) in [7, 11) is -1.39. The summed E-state index contributed by atoms with van der Waals surface area (Å²) in [5.74, 6) is -1.77. The van der Waals surface area contributed by atoms with E-state index >= 15 is 0 Å². The minimum Gasteiger partial charge on any atom is -0.534 e. The van der Waals surface area contributed by atoms with Gasteiger partial charge in [0.1, 0.15) is 17.4 Å². The highest BCUT2D eigenvalue weighted by Crippen LogP contribution is 2.31. The van der Waals surface area contributed by atoms with Crippen LogP contribution in [0.1, 0.15) is 67.8 Å². The van der Waals surface area contributed by atoms with Crippen LogP contribution in [0.4, 0.5) is 4.79 Å². The maximum absolute atomic E-state index is 12.7. The number of hydrogen-bond donors (Lipinski definition) is 2. The molecular weight excluding hydrogens is 431 g/mol. The van der Waals surface area contributed by atoms with Crippen molar-refractivity contribution in [2.24, 2.45) is 0 Å². The zero-order chi connectivity index (χ0) is 23.8. The number of carbonyl (C=O) groups excluding carboxylic acids is 3. The summed E-state index contributed by atoms with van der Waals surface area (Å²) < 4.78 is 21.0. The number of para-hydroxylation sites is 1. The molecule has 176 valence electrons. The quantitative estimate of drug-likeness (QED) is 0.358. The molecule has 1 aromatic rings. The number of benzene rings is 1. The molecule has 3 rings (SSSR count). The second kappa shape index (κ2) is 11.6. The van der Waals surface area contributed by atoms with Crippen molar-refractivity contribution in [3.63, 3.8) is 0 Å². The largest absolute Gasteiger partial charge is 0.547 e. The molecule has 0 radical (unpaired) electrons. The fourth-order valence-electron chi connectivity index (χ4n) is 3.88. The Morgan fingerprint density at radius 2 is 2.03 bits per heavy atom. The number of esters is 1. The van der Waals surface area contributed by atoms with Crippen molar-refractivity contribution >= 4 is 25.2 Å². The van der Waals surface area contributed by atoms with Gasteiger partial charge in [-0.2, -0.15) is 5.26 Å². The lowest BCUT2D eigenvalue weighted by molar-refractivity contribution is -0.121. The normalized spacial score (nSPS) is 18.7. The Morgan fingerprint density at radius 1 is 1.27 bits per heavy atom. The van der Waals surface area contributed by atoms with E-state index in [-0.39, 0.29) is 42.6 Å². The van der Waals surface area contributed by atoms with Gasteiger partial charge in [0.25, 0.3) is 0 Å². The lowest BCUT2D eigenvalue weighted by Crippen LogP contribution is -2.53. The molecule has 2 aliphatic rings. The van der Waals surface area contributed by atoms with Gasteiger partial charge in [-0.05, 0) is 43.7 Å². The zero-order valence-electron chi connectivity index (χ0n) is 18.5. The summed E-state index contributed by atoms with van der Waals surface area (Å²) in [5.41, 5.74) is 0.641. The van der Waals surface area contributed by atoms with Crippen LogP contribution < -0.4 is 9.97 Å². The number of ether oxygens (including phenoxy) is 3. The third-order valence-corrected chi connectivity index (χ3v) is 5.50. The average Bonchev–Trinajstić information content (AvgIpc) is 2.78. The highest BCUT2D eigenvalue weighted by molar-refractivity contribution is 6.47. The predicted molar refractivity (Wildman–Crippen MR) is 115 cm³/mol. The van der Waals surface area contributed by atoms with E-state index in [2.05, 4.69) is 5.32 Å². The summed E-state index contributed by atoms with van der Waals surface area (Å²) in [6.07, 6.45) is 2.73. The number of nitriles is 1. The first-order valence-electron chi connectivity index (χ1n) is 11.1. The standard InChI is InChI=1S/C22H27BN2O8/c1-14(31-22(28)32-16-8-3-2-4-9-16)30-21(27)17-10-5-7-15-13-18(23(29)33-20(15)17)25-19(26)11-6-12-24/h5,7,10,14,16,18,29H,2-4,6,8-9,11,13H2,1H3,(H,25,26)/t14?,18-/m0/s1. The molecule has 2 atom stereocenters. The van der Waals surface area contributed by atoms with Gasteiger partial charge in [0, 0.05) is 19.8 Å². The summed E-state index contributed by atoms with van der Waals surface area (Å²) in [4.78, 5) is 36.5. The minimum atomic E-state index is -1.39. The number of nitrogens with zero attached hydrogens (tertiary/aromatic N) is 1. The van der Waals surface area contributed by atoms with Crippen LogP contribution >= 0.6 is 0 Å². The Kier molecular flexibility index (Phi) is 8.55. The van der Waals surface area contributed by atoms with Crippen LogP contribution in [-0.2, 0) is 25.4 Å². The fourth-order valence-corrected chi connectivity index (χ4v) is 3.88. The molecule has 11 heteroatoms. The zero-order valence-corrected chi connectivity index (χ0v) is 18.5. The molecule has 2 N–H and O–H groups in total. The molecule has 0 saturated heterocycles. The van der Waals surface area contributed by atoms with Gasteiger partial charge in [-0.15, -0.1) is 0 Å². The molecule has 10 nitrogen and oxygen atoms in total. The van der Waals surface area contributed by atoms with Crippen LogP contribution in [-0.4, -0.2) is 48.5 Å². The van der Waals surface area contributed by atoms with E-state index in [4.69, 9.17) is 24.1 Å². The van der Waals surface area contributed by atoms with E-state index < -0.39 is 31.5 Å². The Morgan fingerprint density at radius 3 is 2.76 bits per heavy atom. The van der Waals surface area contributed by atoms with Gasteiger partial charge in [0.05, 0.1) is 12.0 Å². The second-order valence-corrected chi connectivity index (χ2v) is 8.06. The smallest absolute Gasteiger partial charge is 0.534 e. The van der Waals surface area contributed by atoms with Crippen molar-refractivity contribution in [2.75, 3.05) is 0 Å². The van der Waals surface area contributed by atoms with Crippen molar-refractivity contribution in [3.8, 4) is 11.8 Å². The van der Waals surface area contributed by atoms with E-state index in [1.807, 2.05) is 6.07 Å². The maximum Gasteiger partial charge on any atom is 0.547 e. The summed E-state index contributed by atoms with van der Waals surface area (Å²) in [6, 6.07) is 6.67. The first-order chi connectivity index (χ1) is 15.9. The molecule has 1 aromatic carbocycles. The first kappa shape index (κ1) is 24.4. The monoisotopic (exact) mass is 458 g/mol. The lowest BCUT2D eigenvalue weighted by Gasteiger charge is -2.29. The minimum absolute atomic E-state index is 0.0139. The molecule has 0 aromatic heterocycles. The number of carbonyl (C=O) groups is 3. The molecule has 33 heavy (non-hydrogen) atoms. The van der Waals surface area contributed by atoms with Crippen molar-refractivity contribution in [1.82, 2.24) is 5.32 Å². The average molecular weight is 458 g/mol. The third kappa shape index (κ3) is 6.86. The van der Waals surface area contributed by atoms with Gasteiger partial charge in [0.2, 0.25) is 12.2 Å². The number of amides is 1. The van der Waals surface area contributed by atoms with Gasteiger partial charge in [-0.3, -0.25) is 4.79 Å². The Bertz CT molecular complexity index is 912. The number of nitrogens with one attached hydrogen (secondary N) is 1. The molecule has 0 spiro atoms. The van der Waals surface area contributed by atoms with Crippen LogP contribution in [0.25, 0.3) is 0 Å². The highest BCUT2D eigenvalue weighted by Gasteiger charge is 2.38. The van der Waals surface area contributed by atoms with Crippen molar-refractivity contribution in [1.29, 1.82) is 5.26 Å². The fraction of sp³-hybridized carbons (Fsp3) is 0.545. The Balaban J connectivity index is 1.57. The topological polar surface area (TPSA) is 144 Å². The molecule has 1 amide bonds. The number of rotatable bonds is 7. The lowest BCUT2D eigenvalue weighted by atomic mass is 9.72. The van der Waals surface area contributed by atoms with Gasteiger partial charge >= 0.3 is 19.2 Å². The van der Waals surface area contributed by atoms with Gasteiger partial charge in [-0.1, -0.05) is 18.6 Å². The molecule has 1 fully saturated rings. The van der Waals surface area contributed by atoms with Crippen molar-refractivity contribution in [3.05, 3.63) is 29.3 Å². The van der Waals surface area contributed by atoms with Crippen LogP contribution in [0, 0.1) is 11.3 Å². The first-order valence-corrected chi connectivity index (χ1v) is 11.1. The molecule has 0 bridgehead atoms. The van der Waals surface area contributed by atoms with E-state index in [1.165, 1.54) is 13.0 Å². The van der Waals surface area contributed by atoms with Crippen LogP contribution in [0.3, 0.4) is 0 Å². The molecular formula is C22H27BN2O8. The Hall–Kier alpha value is -3.26. The van der Waals surface area contributed by atoms with Crippen LogP contribution in [0.2, 0.25) is 0 Å². The van der Waals surface area contributed by atoms with Crippen LogP contribution in [0.15, 0.2) is 18.2 Å². The summed E-state index contributed by atoms with van der Waals surface area (Å²) in [6.45, 7) is 1.40. The summed E-state index contributed by atoms with van der Waals surface area (Å²) in [5, 5.41) is 21.5. The number of hydrogen-bond acceptors (Lipinski definition) is 9. The molecule has 1 aliphatic carbocycles. The van der Waals surface area contributed by atoms with E-state index in [1.54, 1.807) is 12.1 Å². The van der Waals surface area contributed by atoms with Crippen LogP contribution in [0.5, 0.6) is 5.75 Å². The second-order valence-electron chi connectivity index (χ2n) is 8.06. The van der Waals surface area contributed by atoms with E-state index in [9.17, 15) is 19.4 Å². The maximum atomic E-state index is 12.7. The van der Waals surface area contributed by atoms with E-state index in [0.717, 1.165) is 32.1 Å². The predicted octanol–water partition coefficient (Wildman–Crippen LogP) is 2.42. The Labute approximate surface area is 192 Å². The van der Waals surface area contributed by atoms with Gasteiger partial charge in [0.15, 0.2) is 0 Å². The summed E-state index contributed by atoms with van der Waals surface area (Å²) >= 11 is 0. The number of fused-ring (bicyclic) bond motifs is 1.